The van der Waals surface area contributed by atoms with E-state index in [0.717, 1.165) is 26.9 Å². The molecule has 3 rings (SSSR count). The molecule has 3 aromatic rings. The van der Waals surface area contributed by atoms with Gasteiger partial charge in [-0.25, -0.2) is 0 Å². The van der Waals surface area contributed by atoms with Gasteiger partial charge in [0, 0.05) is 10.0 Å². The Morgan fingerprint density at radius 1 is 1.10 bits per heavy atom. The summed E-state index contributed by atoms with van der Waals surface area (Å²) in [6.45, 7) is 3.91. The minimum absolute atomic E-state index is 0.0975. The van der Waals surface area contributed by atoms with Crippen LogP contribution in [0.2, 0.25) is 0 Å². The zero-order valence-electron chi connectivity index (χ0n) is 16.8. The van der Waals surface area contributed by atoms with E-state index in [9.17, 15) is 9.59 Å². The standard InChI is InChI=1S/C21H21BrN4O3S/c1-13-8-14(2)10-17(9-13)26-20(15-4-6-16(22)7-5-15)24-25-21(26)30-12-18(27)23-11-19(28)29-3/h4-10H,11-12H2,1-3H3,(H,23,27). The molecule has 0 saturated heterocycles. The Bertz CT molecular complexity index is 1050. The summed E-state index contributed by atoms with van der Waals surface area (Å²) in [5, 5.41) is 11.8. The Hall–Kier alpha value is -2.65. The fourth-order valence-corrected chi connectivity index (χ4v) is 3.93. The van der Waals surface area contributed by atoms with Crippen molar-refractivity contribution in [3.8, 4) is 17.1 Å². The van der Waals surface area contributed by atoms with Gasteiger partial charge in [-0.05, 0) is 49.2 Å². The molecule has 0 bridgehead atoms. The highest BCUT2D eigenvalue weighted by molar-refractivity contribution is 9.10. The summed E-state index contributed by atoms with van der Waals surface area (Å²) in [4.78, 5) is 23.3. The van der Waals surface area contributed by atoms with Crippen molar-refractivity contribution < 1.29 is 14.3 Å². The van der Waals surface area contributed by atoms with E-state index in [1.165, 1.54) is 18.9 Å². The number of ether oxygens (including phenoxy) is 1. The van der Waals surface area contributed by atoms with Crippen molar-refractivity contribution in [2.24, 2.45) is 0 Å². The number of rotatable bonds is 7. The lowest BCUT2D eigenvalue weighted by atomic mass is 10.1. The van der Waals surface area contributed by atoms with E-state index in [1.54, 1.807) is 0 Å². The smallest absolute Gasteiger partial charge is 0.325 e. The molecule has 0 saturated carbocycles. The van der Waals surface area contributed by atoms with Crippen LogP contribution in [0.3, 0.4) is 0 Å². The van der Waals surface area contributed by atoms with Crippen molar-refractivity contribution in [3.05, 3.63) is 58.1 Å². The first-order chi connectivity index (χ1) is 14.4. The first-order valence-electron chi connectivity index (χ1n) is 9.13. The average Bonchev–Trinajstić information content (AvgIpc) is 3.14. The summed E-state index contributed by atoms with van der Waals surface area (Å²) in [6, 6.07) is 14.0. The number of hydrogen-bond acceptors (Lipinski definition) is 6. The van der Waals surface area contributed by atoms with Crippen LogP contribution in [-0.4, -0.2) is 46.0 Å². The van der Waals surface area contributed by atoms with Crippen LogP contribution in [0, 0.1) is 13.8 Å². The first kappa shape index (κ1) is 22.0. The van der Waals surface area contributed by atoms with E-state index < -0.39 is 5.97 Å². The number of halogens is 1. The van der Waals surface area contributed by atoms with Crippen LogP contribution in [0.5, 0.6) is 0 Å². The third-order valence-electron chi connectivity index (χ3n) is 4.19. The molecule has 1 aromatic heterocycles. The largest absolute Gasteiger partial charge is 0.468 e. The number of amides is 1. The highest BCUT2D eigenvalue weighted by atomic mass is 79.9. The topological polar surface area (TPSA) is 86.1 Å². The summed E-state index contributed by atoms with van der Waals surface area (Å²) in [5.41, 5.74) is 4.07. The van der Waals surface area contributed by atoms with Crippen LogP contribution in [0.1, 0.15) is 11.1 Å². The fourth-order valence-electron chi connectivity index (χ4n) is 2.89. The van der Waals surface area contributed by atoms with Crippen molar-refractivity contribution in [1.29, 1.82) is 0 Å². The van der Waals surface area contributed by atoms with Gasteiger partial charge in [0.2, 0.25) is 5.91 Å². The molecule has 0 spiro atoms. The van der Waals surface area contributed by atoms with Gasteiger partial charge in [0.05, 0.1) is 18.6 Å². The predicted octanol–water partition coefficient (Wildman–Crippen LogP) is 3.69. The van der Waals surface area contributed by atoms with E-state index >= 15 is 0 Å². The number of esters is 1. The molecule has 0 fully saturated rings. The number of aromatic nitrogens is 3. The minimum Gasteiger partial charge on any atom is -0.468 e. The monoisotopic (exact) mass is 488 g/mol. The lowest BCUT2D eigenvalue weighted by molar-refractivity contribution is -0.140. The highest BCUT2D eigenvalue weighted by Crippen LogP contribution is 2.29. The van der Waals surface area contributed by atoms with Crippen molar-refractivity contribution in [2.75, 3.05) is 19.4 Å². The number of hydrogen-bond donors (Lipinski definition) is 1. The maximum Gasteiger partial charge on any atom is 0.325 e. The summed E-state index contributed by atoms with van der Waals surface area (Å²) < 4.78 is 7.45. The van der Waals surface area contributed by atoms with Gasteiger partial charge in [-0.2, -0.15) is 0 Å². The zero-order valence-corrected chi connectivity index (χ0v) is 19.2. The molecule has 7 nitrogen and oxygen atoms in total. The Labute approximate surface area is 187 Å². The molecule has 0 unspecified atom stereocenters. The van der Waals surface area contributed by atoms with E-state index in [2.05, 4.69) is 54.4 Å². The Balaban J connectivity index is 1.92. The second-order valence-corrected chi connectivity index (χ2v) is 8.49. The Kier molecular flexibility index (Phi) is 7.28. The van der Waals surface area contributed by atoms with Gasteiger partial charge >= 0.3 is 5.97 Å². The normalized spacial score (nSPS) is 10.7. The molecule has 156 valence electrons. The van der Waals surface area contributed by atoms with Crippen molar-refractivity contribution in [1.82, 2.24) is 20.1 Å². The van der Waals surface area contributed by atoms with Gasteiger partial charge in [0.25, 0.3) is 0 Å². The average molecular weight is 489 g/mol. The molecule has 1 N–H and O–H groups in total. The number of aryl methyl sites for hydroxylation is 2. The molecule has 1 amide bonds. The number of thioether (sulfide) groups is 1. The molecule has 1 heterocycles. The molecule has 2 aromatic carbocycles. The number of methoxy groups -OCH3 is 1. The third kappa shape index (κ3) is 5.48. The van der Waals surface area contributed by atoms with Crippen LogP contribution in [-0.2, 0) is 14.3 Å². The zero-order chi connectivity index (χ0) is 21.7. The van der Waals surface area contributed by atoms with Gasteiger partial charge in [0.15, 0.2) is 11.0 Å². The molecular weight excluding hydrogens is 468 g/mol. The van der Waals surface area contributed by atoms with Gasteiger partial charge in [0.1, 0.15) is 6.54 Å². The predicted molar refractivity (Wildman–Crippen MR) is 120 cm³/mol. The van der Waals surface area contributed by atoms with Gasteiger partial charge in [-0.15, -0.1) is 10.2 Å². The van der Waals surface area contributed by atoms with E-state index in [0.29, 0.717) is 11.0 Å². The molecule has 0 radical (unpaired) electrons. The Morgan fingerprint density at radius 3 is 2.40 bits per heavy atom. The van der Waals surface area contributed by atoms with Crippen molar-refractivity contribution in [3.63, 3.8) is 0 Å². The maximum atomic E-state index is 12.1. The van der Waals surface area contributed by atoms with Crippen molar-refractivity contribution in [2.45, 2.75) is 19.0 Å². The van der Waals surface area contributed by atoms with Gasteiger partial charge in [-0.3, -0.25) is 14.2 Å². The number of benzene rings is 2. The Morgan fingerprint density at radius 2 is 1.77 bits per heavy atom. The molecular formula is C21H21BrN4O3S. The first-order valence-corrected chi connectivity index (χ1v) is 10.9. The van der Waals surface area contributed by atoms with Gasteiger partial charge < -0.3 is 10.1 Å². The minimum atomic E-state index is -0.496. The highest BCUT2D eigenvalue weighted by Gasteiger charge is 2.18. The second kappa shape index (κ2) is 9.90. The van der Waals surface area contributed by atoms with Crippen LogP contribution in [0.25, 0.3) is 17.1 Å². The summed E-state index contributed by atoms with van der Waals surface area (Å²) in [7, 11) is 1.28. The third-order valence-corrected chi connectivity index (χ3v) is 5.65. The van der Waals surface area contributed by atoms with Crippen LogP contribution in [0.4, 0.5) is 0 Å². The van der Waals surface area contributed by atoms with Crippen LogP contribution < -0.4 is 5.32 Å². The van der Waals surface area contributed by atoms with Crippen molar-refractivity contribution >= 4 is 39.6 Å². The van der Waals surface area contributed by atoms with Gasteiger partial charge in [-0.1, -0.05) is 45.9 Å². The number of nitrogens with one attached hydrogen (secondary N) is 1. The quantitative estimate of drug-likeness (QED) is 0.403. The lowest BCUT2D eigenvalue weighted by Gasteiger charge is -2.12. The fraction of sp³-hybridized carbons (Fsp3) is 0.238. The molecule has 0 aliphatic heterocycles. The number of nitrogens with zero attached hydrogens (tertiary/aromatic N) is 3. The van der Waals surface area contributed by atoms with E-state index in [4.69, 9.17) is 0 Å². The molecule has 0 atom stereocenters. The maximum absolute atomic E-state index is 12.1. The summed E-state index contributed by atoms with van der Waals surface area (Å²) in [6.07, 6.45) is 0. The SMILES string of the molecule is COC(=O)CNC(=O)CSc1nnc(-c2ccc(Br)cc2)n1-c1cc(C)cc(C)c1. The summed E-state index contributed by atoms with van der Waals surface area (Å²) in [5.74, 6) is 0.0000861. The number of carbonyl (C=O) groups is 2. The molecule has 0 aliphatic rings. The summed E-state index contributed by atoms with van der Waals surface area (Å²) >= 11 is 4.71. The molecule has 30 heavy (non-hydrogen) atoms. The number of carbonyl (C=O) groups excluding carboxylic acids is 2. The molecule has 9 heteroatoms. The lowest BCUT2D eigenvalue weighted by Crippen LogP contribution is -2.31. The second-order valence-electron chi connectivity index (χ2n) is 6.64. The van der Waals surface area contributed by atoms with E-state index in [1.807, 2.05) is 42.7 Å². The van der Waals surface area contributed by atoms with E-state index in [-0.39, 0.29) is 18.2 Å². The van der Waals surface area contributed by atoms with Crippen LogP contribution in [0.15, 0.2) is 52.1 Å². The molecule has 0 aliphatic carbocycles. The van der Waals surface area contributed by atoms with Crippen LogP contribution >= 0.6 is 27.7 Å².